The number of hydrogen-bond donors (Lipinski definition) is 2. The molecule has 2 aliphatic rings. The van der Waals surface area contributed by atoms with E-state index in [2.05, 4.69) is 4.72 Å². The summed E-state index contributed by atoms with van der Waals surface area (Å²) < 4.78 is 32.8. The van der Waals surface area contributed by atoms with Crippen molar-refractivity contribution in [2.24, 2.45) is 5.73 Å². The fraction of sp³-hybridized carbons (Fsp3) is 0.556. The standard InChI is InChI=1S/C18H25N3O5S/c19-16(22)18(9-10-18)20-27(24,25)13-15-8-4-5-11-21(15)17(23)26-12-14-6-2-1-3-7-14/h1-3,6-7,15,20H,4-5,8-13H2,(H2,19,22). The molecular formula is C18H25N3O5S. The summed E-state index contributed by atoms with van der Waals surface area (Å²) in [5.41, 5.74) is 5.01. The number of sulfonamides is 1. The van der Waals surface area contributed by atoms with Crippen molar-refractivity contribution in [1.82, 2.24) is 9.62 Å². The third-order valence-corrected chi connectivity index (χ3v) is 6.58. The van der Waals surface area contributed by atoms with E-state index >= 15 is 0 Å². The molecule has 1 saturated heterocycles. The highest BCUT2D eigenvalue weighted by molar-refractivity contribution is 7.89. The van der Waals surface area contributed by atoms with Gasteiger partial charge in [0.2, 0.25) is 15.9 Å². The fourth-order valence-electron chi connectivity index (χ4n) is 3.33. The van der Waals surface area contributed by atoms with Crippen LogP contribution in [0.2, 0.25) is 0 Å². The average Bonchev–Trinajstić information content (AvgIpc) is 3.41. The molecule has 2 fully saturated rings. The monoisotopic (exact) mass is 395 g/mol. The summed E-state index contributed by atoms with van der Waals surface area (Å²) in [4.78, 5) is 25.4. The molecule has 0 spiro atoms. The normalized spacial score (nSPS) is 21.5. The minimum Gasteiger partial charge on any atom is -0.445 e. The number of nitrogens with zero attached hydrogens (tertiary/aromatic N) is 1. The van der Waals surface area contributed by atoms with Gasteiger partial charge in [0.25, 0.3) is 0 Å². The number of carbonyl (C=O) groups excluding carboxylic acids is 2. The van der Waals surface area contributed by atoms with Crippen molar-refractivity contribution in [3.8, 4) is 0 Å². The van der Waals surface area contributed by atoms with E-state index < -0.39 is 33.6 Å². The molecule has 0 aromatic heterocycles. The third kappa shape index (κ3) is 4.98. The van der Waals surface area contributed by atoms with Gasteiger partial charge < -0.3 is 15.4 Å². The molecule has 0 radical (unpaired) electrons. The Labute approximate surface area is 159 Å². The lowest BCUT2D eigenvalue weighted by atomic mass is 10.0. The summed E-state index contributed by atoms with van der Waals surface area (Å²) in [6, 6.07) is 8.82. The molecule has 8 nitrogen and oxygen atoms in total. The molecule has 148 valence electrons. The van der Waals surface area contributed by atoms with Gasteiger partial charge in [0.15, 0.2) is 0 Å². The Bertz CT molecular complexity index is 792. The van der Waals surface area contributed by atoms with Crippen molar-refractivity contribution in [3.05, 3.63) is 35.9 Å². The van der Waals surface area contributed by atoms with Gasteiger partial charge in [-0.2, -0.15) is 4.72 Å². The molecule has 1 atom stereocenters. The van der Waals surface area contributed by atoms with Gasteiger partial charge in [-0.05, 0) is 37.7 Å². The van der Waals surface area contributed by atoms with Crippen molar-refractivity contribution in [2.45, 2.75) is 50.3 Å². The van der Waals surface area contributed by atoms with Crippen molar-refractivity contribution >= 4 is 22.0 Å². The average molecular weight is 395 g/mol. The van der Waals surface area contributed by atoms with Gasteiger partial charge >= 0.3 is 6.09 Å². The molecule has 2 amide bonds. The number of hydrogen-bond acceptors (Lipinski definition) is 5. The van der Waals surface area contributed by atoms with E-state index in [9.17, 15) is 18.0 Å². The summed E-state index contributed by atoms with van der Waals surface area (Å²) >= 11 is 0. The van der Waals surface area contributed by atoms with Crippen LogP contribution in [0.5, 0.6) is 0 Å². The summed E-state index contributed by atoms with van der Waals surface area (Å²) in [5.74, 6) is -0.920. The van der Waals surface area contributed by atoms with Crippen molar-refractivity contribution in [2.75, 3.05) is 12.3 Å². The van der Waals surface area contributed by atoms with E-state index in [0.29, 0.717) is 25.8 Å². The zero-order valence-electron chi connectivity index (χ0n) is 15.1. The number of ether oxygens (including phenoxy) is 1. The summed E-state index contributed by atoms with van der Waals surface area (Å²) in [5, 5.41) is 0. The number of rotatable bonds is 7. The fourth-order valence-corrected chi connectivity index (χ4v) is 5.17. The first-order valence-corrected chi connectivity index (χ1v) is 10.8. The Kier molecular flexibility index (Phi) is 5.71. The van der Waals surface area contributed by atoms with Crippen LogP contribution in [0.15, 0.2) is 30.3 Å². The largest absolute Gasteiger partial charge is 0.445 e. The van der Waals surface area contributed by atoms with Crippen LogP contribution in [0.25, 0.3) is 0 Å². The van der Waals surface area contributed by atoms with Crippen LogP contribution >= 0.6 is 0 Å². The Hall–Kier alpha value is -2.13. The maximum absolute atomic E-state index is 12.5. The van der Waals surface area contributed by atoms with E-state index in [1.165, 1.54) is 4.90 Å². The SMILES string of the molecule is NC(=O)C1(NS(=O)(=O)CC2CCCCN2C(=O)OCc2ccccc2)CC1. The lowest BCUT2D eigenvalue weighted by molar-refractivity contribution is -0.120. The van der Waals surface area contributed by atoms with Crippen LogP contribution in [-0.4, -0.2) is 49.2 Å². The predicted octanol–water partition coefficient (Wildman–Crippen LogP) is 1.11. The van der Waals surface area contributed by atoms with E-state index in [0.717, 1.165) is 18.4 Å². The third-order valence-electron chi connectivity index (χ3n) is 5.05. The van der Waals surface area contributed by atoms with Gasteiger partial charge in [-0.1, -0.05) is 30.3 Å². The van der Waals surface area contributed by atoms with Gasteiger partial charge in [0, 0.05) is 6.54 Å². The first kappa shape index (κ1) is 19.6. The van der Waals surface area contributed by atoms with Crippen LogP contribution in [0, 0.1) is 0 Å². The number of carbonyl (C=O) groups is 2. The highest BCUT2D eigenvalue weighted by Gasteiger charge is 2.51. The molecule has 3 rings (SSSR count). The molecule has 3 N–H and O–H groups in total. The lowest BCUT2D eigenvalue weighted by Gasteiger charge is -2.35. The van der Waals surface area contributed by atoms with Gasteiger partial charge in [0.1, 0.15) is 12.1 Å². The van der Waals surface area contributed by atoms with Crippen molar-refractivity contribution in [3.63, 3.8) is 0 Å². The molecule has 0 bridgehead atoms. The summed E-state index contributed by atoms with van der Waals surface area (Å²) in [6.07, 6.45) is 2.52. The van der Waals surface area contributed by atoms with Crippen molar-refractivity contribution in [1.29, 1.82) is 0 Å². The van der Waals surface area contributed by atoms with Crippen LogP contribution in [-0.2, 0) is 26.2 Å². The minimum absolute atomic E-state index is 0.138. The number of nitrogens with two attached hydrogens (primary N) is 1. The molecule has 1 aliphatic carbocycles. The second-order valence-corrected chi connectivity index (χ2v) is 8.98. The molecule has 1 aromatic carbocycles. The smallest absolute Gasteiger partial charge is 0.410 e. The van der Waals surface area contributed by atoms with E-state index in [4.69, 9.17) is 10.5 Å². The number of amides is 2. The zero-order valence-corrected chi connectivity index (χ0v) is 15.9. The second kappa shape index (κ2) is 7.85. The second-order valence-electron chi connectivity index (χ2n) is 7.21. The predicted molar refractivity (Wildman–Crippen MR) is 99.1 cm³/mol. The molecule has 9 heteroatoms. The van der Waals surface area contributed by atoms with E-state index in [1.54, 1.807) is 0 Å². The van der Waals surface area contributed by atoms with Gasteiger partial charge in [-0.15, -0.1) is 0 Å². The number of nitrogens with one attached hydrogen (secondary N) is 1. The molecule has 1 heterocycles. The van der Waals surface area contributed by atoms with Gasteiger partial charge in [0.05, 0.1) is 11.8 Å². The highest BCUT2D eigenvalue weighted by Crippen LogP contribution is 2.36. The molecule has 27 heavy (non-hydrogen) atoms. The first-order valence-electron chi connectivity index (χ1n) is 9.10. The Balaban J connectivity index is 1.61. The topological polar surface area (TPSA) is 119 Å². The first-order chi connectivity index (χ1) is 12.8. The minimum atomic E-state index is -3.76. The zero-order chi connectivity index (χ0) is 19.5. The number of likely N-dealkylation sites (tertiary alicyclic amines) is 1. The number of benzene rings is 1. The van der Waals surface area contributed by atoms with Crippen LogP contribution in [0.3, 0.4) is 0 Å². The van der Waals surface area contributed by atoms with Crippen molar-refractivity contribution < 1.29 is 22.7 Å². The summed E-state index contributed by atoms with van der Waals surface area (Å²) in [6.45, 7) is 0.591. The van der Waals surface area contributed by atoms with E-state index in [1.807, 2.05) is 30.3 Å². The molecule has 1 saturated carbocycles. The highest BCUT2D eigenvalue weighted by atomic mass is 32.2. The Morgan fingerprint density at radius 1 is 1.22 bits per heavy atom. The molecule has 1 aromatic rings. The van der Waals surface area contributed by atoms with Crippen LogP contribution < -0.4 is 10.5 Å². The van der Waals surface area contributed by atoms with Crippen LogP contribution in [0.1, 0.15) is 37.7 Å². The summed E-state index contributed by atoms with van der Waals surface area (Å²) in [7, 11) is -3.76. The maximum atomic E-state index is 12.5. The Morgan fingerprint density at radius 2 is 1.93 bits per heavy atom. The lowest BCUT2D eigenvalue weighted by Crippen LogP contribution is -2.52. The molecule has 1 unspecified atom stereocenters. The van der Waals surface area contributed by atoms with Crippen LogP contribution in [0.4, 0.5) is 4.79 Å². The van der Waals surface area contributed by atoms with E-state index in [-0.39, 0.29) is 12.4 Å². The Morgan fingerprint density at radius 3 is 2.56 bits per heavy atom. The quantitative estimate of drug-likeness (QED) is 0.717. The van der Waals surface area contributed by atoms with Gasteiger partial charge in [-0.3, -0.25) is 4.79 Å². The van der Waals surface area contributed by atoms with Gasteiger partial charge in [-0.25, -0.2) is 13.2 Å². The maximum Gasteiger partial charge on any atom is 0.410 e. The number of primary amides is 1. The molecular weight excluding hydrogens is 370 g/mol. The number of piperidine rings is 1. The molecule has 1 aliphatic heterocycles.